The molecule has 2 heterocycles. The third kappa shape index (κ3) is 2.73. The molecule has 5 nitrogen and oxygen atoms in total. The number of fused-ring (bicyclic) bond motifs is 1. The molecule has 1 aromatic heterocycles. The van der Waals surface area contributed by atoms with Gasteiger partial charge < -0.3 is 14.8 Å². The van der Waals surface area contributed by atoms with Crippen LogP contribution in [0.3, 0.4) is 0 Å². The van der Waals surface area contributed by atoms with Gasteiger partial charge in [0.1, 0.15) is 11.3 Å². The van der Waals surface area contributed by atoms with Crippen LogP contribution in [-0.4, -0.2) is 38.3 Å². The summed E-state index contributed by atoms with van der Waals surface area (Å²) in [5.41, 5.74) is 1.34. The Morgan fingerprint density at radius 1 is 1.33 bits per heavy atom. The Balaban J connectivity index is 2.04. The second-order valence-electron chi connectivity index (χ2n) is 5.09. The first-order valence-corrected chi connectivity index (χ1v) is 7.82. The van der Waals surface area contributed by atoms with Gasteiger partial charge in [-0.2, -0.15) is 0 Å². The Labute approximate surface area is 127 Å². The predicted molar refractivity (Wildman–Crippen MR) is 82.4 cm³/mol. The number of carbonyl (C=O) groups is 1. The summed E-state index contributed by atoms with van der Waals surface area (Å²) in [4.78, 5) is 16.5. The number of rotatable bonds is 3. The van der Waals surface area contributed by atoms with Crippen molar-refractivity contribution in [3.8, 4) is 5.75 Å². The summed E-state index contributed by atoms with van der Waals surface area (Å²) in [6.45, 7) is 2.07. The first-order valence-electron chi connectivity index (χ1n) is 7.00. The number of nitrogens with zero attached hydrogens (tertiary/aromatic N) is 1. The number of thiazole rings is 1. The maximum absolute atomic E-state index is 11.7. The first kappa shape index (κ1) is 14.3. The number of ether oxygens (including phenoxy) is 2. The van der Waals surface area contributed by atoms with E-state index >= 15 is 0 Å². The first-order chi connectivity index (χ1) is 10.2. The molecule has 0 atom stereocenters. The normalized spacial score (nSPS) is 16.1. The zero-order chi connectivity index (χ0) is 14.8. The Bertz CT molecular complexity index is 662. The molecule has 6 heteroatoms. The number of esters is 1. The molecule has 0 spiro atoms. The minimum absolute atomic E-state index is 0.355. The summed E-state index contributed by atoms with van der Waals surface area (Å²) >= 11 is 1.65. The molecule has 0 saturated carbocycles. The minimum Gasteiger partial charge on any atom is -0.494 e. The molecular weight excluding hydrogens is 288 g/mol. The van der Waals surface area contributed by atoms with E-state index in [1.165, 1.54) is 7.11 Å². The number of piperidine rings is 1. The summed E-state index contributed by atoms with van der Waals surface area (Å²) < 4.78 is 11.2. The van der Waals surface area contributed by atoms with Gasteiger partial charge in [0.2, 0.25) is 0 Å². The van der Waals surface area contributed by atoms with Crippen LogP contribution in [-0.2, 0) is 4.74 Å². The second-order valence-corrected chi connectivity index (χ2v) is 6.16. The van der Waals surface area contributed by atoms with E-state index in [9.17, 15) is 4.79 Å². The van der Waals surface area contributed by atoms with Gasteiger partial charge in [-0.3, -0.25) is 0 Å². The van der Waals surface area contributed by atoms with Crippen LogP contribution in [0.25, 0.3) is 10.2 Å². The molecule has 0 aliphatic carbocycles. The van der Waals surface area contributed by atoms with E-state index in [4.69, 9.17) is 14.5 Å². The van der Waals surface area contributed by atoms with Crippen molar-refractivity contribution in [2.75, 3.05) is 27.3 Å². The summed E-state index contributed by atoms with van der Waals surface area (Å²) in [5.74, 6) is 0.770. The van der Waals surface area contributed by atoms with E-state index in [-0.39, 0.29) is 5.97 Å². The molecule has 1 N–H and O–H groups in total. The fourth-order valence-corrected chi connectivity index (χ4v) is 3.84. The number of nitrogens with one attached hydrogen (secondary N) is 1. The third-order valence-corrected chi connectivity index (χ3v) is 4.97. The minimum atomic E-state index is -0.355. The molecule has 1 saturated heterocycles. The topological polar surface area (TPSA) is 60.5 Å². The Hall–Kier alpha value is -1.66. The van der Waals surface area contributed by atoms with E-state index in [0.717, 1.165) is 41.2 Å². The van der Waals surface area contributed by atoms with Crippen LogP contribution in [0, 0.1) is 0 Å². The van der Waals surface area contributed by atoms with Crippen molar-refractivity contribution in [3.05, 3.63) is 22.7 Å². The number of methoxy groups -OCH3 is 2. The average Bonchev–Trinajstić information content (AvgIpc) is 2.98. The molecule has 1 fully saturated rings. The molecule has 21 heavy (non-hydrogen) atoms. The molecule has 1 aliphatic rings. The van der Waals surface area contributed by atoms with E-state index in [1.807, 2.05) is 6.07 Å². The lowest BCUT2D eigenvalue weighted by molar-refractivity contribution is 0.0600. The summed E-state index contributed by atoms with van der Waals surface area (Å²) in [7, 11) is 2.98. The van der Waals surface area contributed by atoms with Crippen molar-refractivity contribution in [1.29, 1.82) is 0 Å². The van der Waals surface area contributed by atoms with Gasteiger partial charge in [-0.05, 0) is 38.1 Å². The number of aromatic nitrogens is 1. The number of hydrogen-bond donors (Lipinski definition) is 1. The lowest BCUT2D eigenvalue weighted by Gasteiger charge is -2.20. The van der Waals surface area contributed by atoms with Gasteiger partial charge in [0.25, 0.3) is 0 Å². The molecule has 0 bridgehead atoms. The van der Waals surface area contributed by atoms with Crippen molar-refractivity contribution in [1.82, 2.24) is 10.3 Å². The van der Waals surface area contributed by atoms with Gasteiger partial charge in [-0.15, -0.1) is 11.3 Å². The SMILES string of the molecule is COC(=O)c1cc(OC)c2nc(C3CCNCC3)sc2c1. The zero-order valence-corrected chi connectivity index (χ0v) is 13.0. The predicted octanol–water partition coefficient (Wildman–Crippen LogP) is 2.56. The van der Waals surface area contributed by atoms with Crippen molar-refractivity contribution < 1.29 is 14.3 Å². The van der Waals surface area contributed by atoms with Gasteiger partial charge in [0.15, 0.2) is 0 Å². The lowest BCUT2D eigenvalue weighted by Crippen LogP contribution is -2.26. The average molecular weight is 306 g/mol. The van der Waals surface area contributed by atoms with Crippen molar-refractivity contribution in [2.24, 2.45) is 0 Å². The number of hydrogen-bond acceptors (Lipinski definition) is 6. The highest BCUT2D eigenvalue weighted by Gasteiger charge is 2.21. The summed E-state index contributed by atoms with van der Waals surface area (Å²) in [5, 5.41) is 4.49. The Kier molecular flexibility index (Phi) is 4.07. The fourth-order valence-electron chi connectivity index (χ4n) is 2.65. The van der Waals surface area contributed by atoms with Gasteiger partial charge in [-0.25, -0.2) is 9.78 Å². The summed E-state index contributed by atoms with van der Waals surface area (Å²) in [6.07, 6.45) is 2.21. The standard InChI is InChI=1S/C15H18N2O3S/c1-19-11-7-10(15(18)20-2)8-12-13(11)17-14(21-12)9-3-5-16-6-4-9/h7-9,16H,3-6H2,1-2H3. The van der Waals surface area contributed by atoms with Gasteiger partial charge in [0, 0.05) is 5.92 Å². The quantitative estimate of drug-likeness (QED) is 0.883. The molecule has 1 aromatic carbocycles. The van der Waals surface area contributed by atoms with Crippen LogP contribution in [0.4, 0.5) is 0 Å². The van der Waals surface area contributed by atoms with E-state index in [2.05, 4.69) is 5.32 Å². The van der Waals surface area contributed by atoms with Crippen LogP contribution >= 0.6 is 11.3 Å². The molecule has 0 amide bonds. The second kappa shape index (κ2) is 5.99. The van der Waals surface area contributed by atoms with Crippen LogP contribution in [0.5, 0.6) is 5.75 Å². The molecule has 3 rings (SSSR count). The Morgan fingerprint density at radius 3 is 2.76 bits per heavy atom. The van der Waals surface area contributed by atoms with Crippen LogP contribution in [0.15, 0.2) is 12.1 Å². The van der Waals surface area contributed by atoms with Crippen LogP contribution in [0.2, 0.25) is 0 Å². The van der Waals surface area contributed by atoms with Crippen LogP contribution < -0.4 is 10.1 Å². The summed E-state index contributed by atoms with van der Waals surface area (Å²) in [6, 6.07) is 3.53. The maximum atomic E-state index is 11.7. The molecule has 2 aromatic rings. The molecular formula is C15H18N2O3S. The fraction of sp³-hybridized carbons (Fsp3) is 0.467. The molecule has 0 unspecified atom stereocenters. The highest BCUT2D eigenvalue weighted by Crippen LogP contribution is 2.36. The van der Waals surface area contributed by atoms with Gasteiger partial charge in [0.05, 0.1) is 29.5 Å². The van der Waals surface area contributed by atoms with Crippen LogP contribution in [0.1, 0.15) is 34.1 Å². The highest BCUT2D eigenvalue weighted by atomic mass is 32.1. The van der Waals surface area contributed by atoms with Crippen molar-refractivity contribution >= 4 is 27.5 Å². The van der Waals surface area contributed by atoms with Crippen molar-refractivity contribution in [3.63, 3.8) is 0 Å². The maximum Gasteiger partial charge on any atom is 0.338 e. The van der Waals surface area contributed by atoms with E-state index in [0.29, 0.717) is 17.2 Å². The lowest BCUT2D eigenvalue weighted by atomic mass is 9.99. The Morgan fingerprint density at radius 2 is 2.10 bits per heavy atom. The molecule has 112 valence electrons. The number of carbonyl (C=O) groups excluding carboxylic acids is 1. The smallest absolute Gasteiger partial charge is 0.338 e. The number of benzene rings is 1. The molecule has 0 radical (unpaired) electrons. The monoisotopic (exact) mass is 306 g/mol. The molecule has 1 aliphatic heterocycles. The highest BCUT2D eigenvalue weighted by molar-refractivity contribution is 7.18. The van der Waals surface area contributed by atoms with E-state index in [1.54, 1.807) is 24.5 Å². The van der Waals surface area contributed by atoms with E-state index < -0.39 is 0 Å². The van der Waals surface area contributed by atoms with Gasteiger partial charge in [-0.1, -0.05) is 0 Å². The zero-order valence-electron chi connectivity index (χ0n) is 12.1. The van der Waals surface area contributed by atoms with Crippen molar-refractivity contribution in [2.45, 2.75) is 18.8 Å². The third-order valence-electron chi connectivity index (χ3n) is 3.81. The van der Waals surface area contributed by atoms with Gasteiger partial charge >= 0.3 is 5.97 Å². The largest absolute Gasteiger partial charge is 0.494 e.